The number of benzene rings is 1. The van der Waals surface area contributed by atoms with Crippen molar-refractivity contribution >= 4 is 39.8 Å². The van der Waals surface area contributed by atoms with Gasteiger partial charge in [0.15, 0.2) is 6.29 Å². The molecule has 0 bridgehead atoms. The summed E-state index contributed by atoms with van der Waals surface area (Å²) in [6.45, 7) is 0. The quantitative estimate of drug-likeness (QED) is 0.646. The molecule has 4 heteroatoms. The number of pyridine rings is 1. The van der Waals surface area contributed by atoms with Crippen LogP contribution in [0.2, 0.25) is 0 Å². The molecule has 2 rings (SSSR count). The van der Waals surface area contributed by atoms with Crippen LogP contribution in [0.25, 0.3) is 10.9 Å². The molecule has 0 saturated carbocycles. The number of fused-ring (bicyclic) bond motifs is 1. The molecule has 0 aliphatic rings. The summed E-state index contributed by atoms with van der Waals surface area (Å²) in [5, 5.41) is 0.898. The number of halogens is 1. The van der Waals surface area contributed by atoms with Gasteiger partial charge in [-0.15, -0.1) is 0 Å². The third-order valence-electron chi connectivity index (χ3n) is 2.01. The van der Waals surface area contributed by atoms with Gasteiger partial charge in [-0.25, -0.2) is 0 Å². The van der Waals surface area contributed by atoms with E-state index in [1.807, 2.05) is 46.9 Å². The van der Waals surface area contributed by atoms with Crippen LogP contribution in [0.4, 0.5) is 0 Å². The zero-order chi connectivity index (χ0) is 10.1. The Morgan fingerprint density at radius 3 is 2.71 bits per heavy atom. The Morgan fingerprint density at radius 2 is 2.00 bits per heavy atom. The molecule has 0 atom stereocenters. The fourth-order valence-electron chi connectivity index (χ4n) is 1.32. The van der Waals surface area contributed by atoms with Crippen molar-refractivity contribution in [2.75, 3.05) is 0 Å². The lowest BCUT2D eigenvalue weighted by molar-refractivity contribution is 0.112. The van der Waals surface area contributed by atoms with Crippen LogP contribution in [0.3, 0.4) is 0 Å². The van der Waals surface area contributed by atoms with E-state index in [9.17, 15) is 9.59 Å². The third-order valence-corrected chi connectivity index (χ3v) is 3.17. The highest BCUT2D eigenvalue weighted by atomic mass is 127. The molecule has 1 aromatic carbocycles. The van der Waals surface area contributed by atoms with Crippen LogP contribution < -0.4 is 5.56 Å². The normalized spacial score (nSPS) is 10.4. The van der Waals surface area contributed by atoms with Crippen LogP contribution in [0.5, 0.6) is 0 Å². The smallest absolute Gasteiger partial charge is 0.260 e. The summed E-state index contributed by atoms with van der Waals surface area (Å²) in [4.78, 5) is 24.7. The van der Waals surface area contributed by atoms with E-state index in [0.29, 0.717) is 9.86 Å². The standard InChI is InChI=1S/C10H6INO2/c11-9-6-3-1-2-4-8(6)12-10(14)7(9)5-13/h1-5H,(H,12,14). The fraction of sp³-hybridized carbons (Fsp3) is 0. The molecule has 0 aliphatic heterocycles. The predicted octanol–water partition coefficient (Wildman–Crippen LogP) is 1.95. The number of nitrogens with one attached hydrogen (secondary N) is 1. The minimum atomic E-state index is -0.330. The fourth-order valence-corrected chi connectivity index (χ4v) is 2.17. The molecule has 1 N–H and O–H groups in total. The average Bonchev–Trinajstić information content (AvgIpc) is 2.18. The third kappa shape index (κ3) is 1.35. The van der Waals surface area contributed by atoms with Crippen LogP contribution in [0.1, 0.15) is 10.4 Å². The van der Waals surface area contributed by atoms with Crippen molar-refractivity contribution in [3.05, 3.63) is 43.8 Å². The molecule has 0 fully saturated rings. The van der Waals surface area contributed by atoms with E-state index in [4.69, 9.17) is 0 Å². The number of hydrogen-bond donors (Lipinski definition) is 1. The number of carbonyl (C=O) groups excluding carboxylic acids is 1. The lowest BCUT2D eigenvalue weighted by atomic mass is 10.2. The summed E-state index contributed by atoms with van der Waals surface area (Å²) in [5.41, 5.74) is 0.625. The summed E-state index contributed by atoms with van der Waals surface area (Å²) in [6.07, 6.45) is 0.590. The van der Waals surface area contributed by atoms with Crippen molar-refractivity contribution in [2.24, 2.45) is 0 Å². The monoisotopic (exact) mass is 299 g/mol. The Balaban J connectivity index is 3.00. The van der Waals surface area contributed by atoms with Gasteiger partial charge in [0, 0.05) is 14.5 Å². The van der Waals surface area contributed by atoms with Gasteiger partial charge in [0.05, 0.1) is 5.56 Å². The molecular formula is C10H6INO2. The molecule has 1 aromatic heterocycles. The Hall–Kier alpha value is -1.17. The SMILES string of the molecule is O=Cc1c(I)c2ccccc2[nH]c1=O. The average molecular weight is 299 g/mol. The molecule has 0 saturated heterocycles. The predicted molar refractivity (Wildman–Crippen MR) is 62.7 cm³/mol. The second kappa shape index (κ2) is 3.53. The second-order valence-electron chi connectivity index (χ2n) is 2.85. The topological polar surface area (TPSA) is 49.9 Å². The van der Waals surface area contributed by atoms with E-state index >= 15 is 0 Å². The maximum absolute atomic E-state index is 11.4. The highest BCUT2D eigenvalue weighted by Gasteiger charge is 2.08. The van der Waals surface area contributed by atoms with Gasteiger partial charge in [0.2, 0.25) is 0 Å². The van der Waals surface area contributed by atoms with Crippen molar-refractivity contribution in [3.8, 4) is 0 Å². The lowest BCUT2D eigenvalue weighted by Gasteiger charge is -2.01. The van der Waals surface area contributed by atoms with Crippen molar-refractivity contribution in [2.45, 2.75) is 0 Å². The molecule has 14 heavy (non-hydrogen) atoms. The Kier molecular flexibility index (Phi) is 2.37. The molecule has 3 nitrogen and oxygen atoms in total. The van der Waals surface area contributed by atoms with E-state index < -0.39 is 0 Å². The highest BCUT2D eigenvalue weighted by molar-refractivity contribution is 14.1. The van der Waals surface area contributed by atoms with Crippen LogP contribution >= 0.6 is 22.6 Å². The lowest BCUT2D eigenvalue weighted by Crippen LogP contribution is -2.14. The summed E-state index contributed by atoms with van der Waals surface area (Å²) >= 11 is 2.01. The molecule has 2 aromatic rings. The van der Waals surface area contributed by atoms with Gasteiger partial charge < -0.3 is 4.98 Å². The maximum Gasteiger partial charge on any atom is 0.260 e. The van der Waals surface area contributed by atoms with Crippen LogP contribution in [0.15, 0.2) is 29.1 Å². The minimum absolute atomic E-state index is 0.198. The van der Waals surface area contributed by atoms with E-state index in [0.717, 1.165) is 10.9 Å². The Labute approximate surface area is 93.3 Å². The number of hydrogen-bond acceptors (Lipinski definition) is 2. The molecule has 0 radical (unpaired) electrons. The van der Waals surface area contributed by atoms with Crippen LogP contribution in [-0.2, 0) is 0 Å². The van der Waals surface area contributed by atoms with Gasteiger partial charge in [-0.3, -0.25) is 9.59 Å². The zero-order valence-electron chi connectivity index (χ0n) is 7.08. The van der Waals surface area contributed by atoms with E-state index in [2.05, 4.69) is 4.98 Å². The van der Waals surface area contributed by atoms with Gasteiger partial charge in [-0.05, 0) is 28.7 Å². The van der Waals surface area contributed by atoms with E-state index in [1.54, 1.807) is 0 Å². The second-order valence-corrected chi connectivity index (χ2v) is 3.92. The number of rotatable bonds is 1. The Morgan fingerprint density at radius 1 is 1.29 bits per heavy atom. The van der Waals surface area contributed by atoms with E-state index in [-0.39, 0.29) is 11.1 Å². The first kappa shape index (κ1) is 9.39. The number of para-hydroxylation sites is 1. The van der Waals surface area contributed by atoms with Crippen LogP contribution in [-0.4, -0.2) is 11.3 Å². The maximum atomic E-state index is 11.4. The van der Waals surface area contributed by atoms with E-state index in [1.165, 1.54) is 0 Å². The van der Waals surface area contributed by atoms with Crippen LogP contribution in [0, 0.1) is 3.57 Å². The molecule has 0 aliphatic carbocycles. The van der Waals surface area contributed by atoms with Gasteiger partial charge in [-0.2, -0.15) is 0 Å². The first-order valence-electron chi connectivity index (χ1n) is 3.99. The number of H-pyrrole nitrogens is 1. The number of aromatic amines is 1. The molecule has 0 unspecified atom stereocenters. The van der Waals surface area contributed by atoms with Gasteiger partial charge in [0.25, 0.3) is 5.56 Å². The van der Waals surface area contributed by atoms with Gasteiger partial charge in [-0.1, -0.05) is 18.2 Å². The van der Waals surface area contributed by atoms with Crippen molar-refractivity contribution in [3.63, 3.8) is 0 Å². The van der Waals surface area contributed by atoms with Gasteiger partial charge in [0.1, 0.15) is 0 Å². The summed E-state index contributed by atoms with van der Waals surface area (Å²) < 4.78 is 0.706. The summed E-state index contributed by atoms with van der Waals surface area (Å²) in [5.74, 6) is 0. The van der Waals surface area contributed by atoms with Gasteiger partial charge >= 0.3 is 0 Å². The number of aldehydes is 1. The van der Waals surface area contributed by atoms with Crippen molar-refractivity contribution in [1.29, 1.82) is 0 Å². The molecule has 0 amide bonds. The summed E-state index contributed by atoms with van der Waals surface area (Å²) in [6, 6.07) is 7.40. The number of carbonyl (C=O) groups is 1. The van der Waals surface area contributed by atoms with Crippen molar-refractivity contribution in [1.82, 2.24) is 4.98 Å². The molecule has 1 heterocycles. The molecule has 70 valence electrons. The first-order valence-corrected chi connectivity index (χ1v) is 5.07. The molecule has 0 spiro atoms. The first-order chi connectivity index (χ1) is 6.74. The Bertz CT molecular complexity index is 560. The number of aromatic nitrogens is 1. The zero-order valence-corrected chi connectivity index (χ0v) is 9.24. The van der Waals surface area contributed by atoms with Crippen molar-refractivity contribution < 1.29 is 4.79 Å². The molecular weight excluding hydrogens is 293 g/mol. The highest BCUT2D eigenvalue weighted by Crippen LogP contribution is 2.18. The largest absolute Gasteiger partial charge is 0.321 e. The summed E-state index contributed by atoms with van der Waals surface area (Å²) in [7, 11) is 0. The minimum Gasteiger partial charge on any atom is -0.321 e.